The summed E-state index contributed by atoms with van der Waals surface area (Å²) >= 11 is 0. The highest BCUT2D eigenvalue weighted by Crippen LogP contribution is 2.61. The number of nitrogens with one attached hydrogen (secondary N) is 1. The van der Waals surface area contributed by atoms with Gasteiger partial charge >= 0.3 is 0 Å². The maximum Gasteiger partial charge on any atom is 0.0607 e. The van der Waals surface area contributed by atoms with Gasteiger partial charge in [-0.3, -0.25) is 0 Å². The Balaban J connectivity index is 1.52. The van der Waals surface area contributed by atoms with Crippen molar-refractivity contribution < 1.29 is 4.74 Å². The van der Waals surface area contributed by atoms with E-state index in [4.69, 9.17) is 4.74 Å². The molecule has 0 aromatic rings. The van der Waals surface area contributed by atoms with Crippen LogP contribution in [-0.2, 0) is 4.74 Å². The second kappa shape index (κ2) is 2.71. The summed E-state index contributed by atoms with van der Waals surface area (Å²) in [6.45, 7) is 4.50. The van der Waals surface area contributed by atoms with Crippen molar-refractivity contribution >= 4 is 0 Å². The molecule has 1 spiro atoms. The average Bonchev–Trinajstić information content (AvgIpc) is 2.93. The average molecular weight is 181 g/mol. The molecule has 3 atom stereocenters. The van der Waals surface area contributed by atoms with E-state index in [-0.39, 0.29) is 0 Å². The van der Waals surface area contributed by atoms with E-state index in [1.807, 2.05) is 0 Å². The van der Waals surface area contributed by atoms with Gasteiger partial charge in [0.25, 0.3) is 0 Å². The highest BCUT2D eigenvalue weighted by Gasteiger charge is 2.59. The van der Waals surface area contributed by atoms with Crippen molar-refractivity contribution in [2.24, 2.45) is 11.3 Å². The van der Waals surface area contributed by atoms with Gasteiger partial charge in [0.15, 0.2) is 0 Å². The number of ether oxygens (including phenoxy) is 1. The molecule has 0 aromatic heterocycles. The van der Waals surface area contributed by atoms with Crippen molar-refractivity contribution in [1.29, 1.82) is 0 Å². The Bertz CT molecular complexity index is 214. The van der Waals surface area contributed by atoms with Crippen molar-refractivity contribution in [3.05, 3.63) is 0 Å². The topological polar surface area (TPSA) is 21.3 Å². The fourth-order valence-electron chi connectivity index (χ4n) is 2.87. The van der Waals surface area contributed by atoms with E-state index < -0.39 is 0 Å². The molecule has 0 amide bonds. The largest absolute Gasteiger partial charge is 0.378 e. The fourth-order valence-corrected chi connectivity index (χ4v) is 2.87. The number of hydrogen-bond donors (Lipinski definition) is 1. The predicted octanol–water partition coefficient (Wildman–Crippen LogP) is 1.55. The Morgan fingerprint density at radius 1 is 1.46 bits per heavy atom. The minimum Gasteiger partial charge on any atom is -0.378 e. The summed E-state index contributed by atoms with van der Waals surface area (Å²) < 4.78 is 5.66. The highest BCUT2D eigenvalue weighted by atomic mass is 16.5. The SMILES string of the molecule is CC1OCCC12CC2CNC1CC1. The Hall–Kier alpha value is -0.0800. The Labute approximate surface area is 80.0 Å². The zero-order chi connectivity index (χ0) is 8.89. The van der Waals surface area contributed by atoms with E-state index in [2.05, 4.69) is 12.2 Å². The molecule has 1 N–H and O–H groups in total. The van der Waals surface area contributed by atoms with E-state index in [0.29, 0.717) is 11.5 Å². The van der Waals surface area contributed by atoms with Crippen LogP contribution in [0.4, 0.5) is 0 Å². The molecular formula is C11H19NO. The van der Waals surface area contributed by atoms with Gasteiger partial charge in [-0.25, -0.2) is 0 Å². The fraction of sp³-hybridized carbons (Fsp3) is 1.00. The summed E-state index contributed by atoms with van der Waals surface area (Å²) in [4.78, 5) is 0. The minimum absolute atomic E-state index is 0.526. The molecule has 0 bridgehead atoms. The van der Waals surface area contributed by atoms with E-state index in [1.54, 1.807) is 0 Å². The van der Waals surface area contributed by atoms with Crippen LogP contribution in [0.25, 0.3) is 0 Å². The monoisotopic (exact) mass is 181 g/mol. The van der Waals surface area contributed by atoms with Crippen LogP contribution in [0.2, 0.25) is 0 Å². The standard InChI is InChI=1S/C11H19NO/c1-8-11(4-5-13-8)6-9(11)7-12-10-2-3-10/h8-10,12H,2-7H2,1H3. The first-order valence-electron chi connectivity index (χ1n) is 5.66. The van der Waals surface area contributed by atoms with E-state index in [9.17, 15) is 0 Å². The lowest BCUT2D eigenvalue weighted by atomic mass is 9.96. The molecule has 74 valence electrons. The third-order valence-electron chi connectivity index (χ3n) is 4.25. The van der Waals surface area contributed by atoms with Gasteiger partial charge < -0.3 is 10.1 Å². The maximum atomic E-state index is 5.66. The van der Waals surface area contributed by atoms with Crippen LogP contribution in [0.1, 0.15) is 32.6 Å². The molecule has 2 saturated carbocycles. The minimum atomic E-state index is 0.526. The molecular weight excluding hydrogens is 162 g/mol. The summed E-state index contributed by atoms with van der Waals surface area (Å²) in [5.41, 5.74) is 0.599. The molecule has 3 fully saturated rings. The van der Waals surface area contributed by atoms with Crippen LogP contribution in [0, 0.1) is 11.3 Å². The van der Waals surface area contributed by atoms with Crippen molar-refractivity contribution in [3.8, 4) is 0 Å². The maximum absolute atomic E-state index is 5.66. The molecule has 1 saturated heterocycles. The smallest absolute Gasteiger partial charge is 0.0607 e. The molecule has 2 heteroatoms. The van der Waals surface area contributed by atoms with Gasteiger partial charge in [0.05, 0.1) is 6.10 Å². The highest BCUT2D eigenvalue weighted by molar-refractivity contribution is 5.09. The lowest BCUT2D eigenvalue weighted by Gasteiger charge is -2.14. The van der Waals surface area contributed by atoms with Crippen molar-refractivity contribution in [2.45, 2.75) is 44.8 Å². The summed E-state index contributed by atoms with van der Waals surface area (Å²) in [7, 11) is 0. The van der Waals surface area contributed by atoms with Crippen LogP contribution in [0.15, 0.2) is 0 Å². The van der Waals surface area contributed by atoms with Gasteiger partial charge in [0.1, 0.15) is 0 Å². The van der Waals surface area contributed by atoms with E-state index in [1.165, 1.54) is 32.2 Å². The Kier molecular flexibility index (Phi) is 1.72. The molecule has 13 heavy (non-hydrogen) atoms. The van der Waals surface area contributed by atoms with Crippen LogP contribution in [0.3, 0.4) is 0 Å². The van der Waals surface area contributed by atoms with Crippen molar-refractivity contribution in [3.63, 3.8) is 0 Å². The van der Waals surface area contributed by atoms with Crippen LogP contribution >= 0.6 is 0 Å². The molecule has 1 aliphatic heterocycles. The summed E-state index contributed by atoms with van der Waals surface area (Å²) in [6, 6.07) is 0.871. The molecule has 1 heterocycles. The summed E-state index contributed by atoms with van der Waals surface area (Å²) in [5, 5.41) is 3.63. The van der Waals surface area contributed by atoms with Gasteiger partial charge in [-0.2, -0.15) is 0 Å². The molecule has 2 nitrogen and oxygen atoms in total. The van der Waals surface area contributed by atoms with Gasteiger partial charge in [-0.15, -0.1) is 0 Å². The van der Waals surface area contributed by atoms with Gasteiger partial charge in [0.2, 0.25) is 0 Å². The van der Waals surface area contributed by atoms with Crippen molar-refractivity contribution in [2.75, 3.05) is 13.2 Å². The Morgan fingerprint density at radius 3 is 2.92 bits per heavy atom. The molecule has 0 aromatic carbocycles. The zero-order valence-corrected chi connectivity index (χ0v) is 8.38. The second-order valence-electron chi connectivity index (χ2n) is 5.08. The first-order valence-corrected chi connectivity index (χ1v) is 5.66. The first kappa shape index (κ1) is 8.25. The van der Waals surface area contributed by atoms with Gasteiger partial charge in [0, 0.05) is 18.1 Å². The Morgan fingerprint density at radius 2 is 2.31 bits per heavy atom. The lowest BCUT2D eigenvalue weighted by Crippen LogP contribution is -2.24. The van der Waals surface area contributed by atoms with Gasteiger partial charge in [-0.05, 0) is 45.1 Å². The molecule has 3 rings (SSSR count). The van der Waals surface area contributed by atoms with Crippen LogP contribution in [-0.4, -0.2) is 25.3 Å². The normalized spacial score (nSPS) is 48.7. The molecule has 3 aliphatic rings. The zero-order valence-electron chi connectivity index (χ0n) is 8.38. The first-order chi connectivity index (χ1) is 6.31. The number of rotatable bonds is 3. The third kappa shape index (κ3) is 1.31. The van der Waals surface area contributed by atoms with Crippen LogP contribution < -0.4 is 5.32 Å². The van der Waals surface area contributed by atoms with E-state index in [0.717, 1.165) is 18.6 Å². The number of hydrogen-bond acceptors (Lipinski definition) is 2. The van der Waals surface area contributed by atoms with Gasteiger partial charge in [-0.1, -0.05) is 0 Å². The molecule has 0 radical (unpaired) electrons. The van der Waals surface area contributed by atoms with Crippen LogP contribution in [0.5, 0.6) is 0 Å². The molecule has 2 aliphatic carbocycles. The van der Waals surface area contributed by atoms with E-state index >= 15 is 0 Å². The summed E-state index contributed by atoms with van der Waals surface area (Å²) in [5.74, 6) is 0.922. The molecule has 3 unspecified atom stereocenters. The third-order valence-corrected chi connectivity index (χ3v) is 4.25. The summed E-state index contributed by atoms with van der Waals surface area (Å²) in [6.07, 6.45) is 6.06. The lowest BCUT2D eigenvalue weighted by molar-refractivity contribution is 0.0952. The van der Waals surface area contributed by atoms with Crippen molar-refractivity contribution in [1.82, 2.24) is 5.32 Å². The quantitative estimate of drug-likeness (QED) is 0.713. The second-order valence-corrected chi connectivity index (χ2v) is 5.08. The predicted molar refractivity (Wildman–Crippen MR) is 51.6 cm³/mol.